The highest BCUT2D eigenvalue weighted by Crippen LogP contribution is 2.30. The summed E-state index contributed by atoms with van der Waals surface area (Å²) in [7, 11) is 0. The van der Waals surface area contributed by atoms with Crippen LogP contribution >= 0.6 is 0 Å². The number of imidazole rings is 1. The first-order valence-electron chi connectivity index (χ1n) is 7.68. The van der Waals surface area contributed by atoms with Crippen molar-refractivity contribution in [1.82, 2.24) is 19.5 Å². The van der Waals surface area contributed by atoms with Gasteiger partial charge in [-0.15, -0.1) is 0 Å². The number of carbonyl (C=O) groups is 1. The fraction of sp³-hybridized carbons (Fsp3) is 0.600. The minimum absolute atomic E-state index is 0.0333. The molecule has 0 unspecified atom stereocenters. The monoisotopic (exact) mass is 336 g/mol. The van der Waals surface area contributed by atoms with Crippen molar-refractivity contribution in [3.63, 3.8) is 0 Å². The molecule has 3 atom stereocenters. The fourth-order valence-electron chi connectivity index (χ4n) is 2.48. The van der Waals surface area contributed by atoms with Crippen LogP contribution in [0.25, 0.3) is 11.2 Å². The van der Waals surface area contributed by atoms with Gasteiger partial charge in [-0.25, -0.2) is 9.97 Å². The van der Waals surface area contributed by atoms with Crippen LogP contribution < -0.4 is 5.56 Å². The number of rotatable bonds is 3. The molecular formula is C15H20N4O5. The molecule has 0 aliphatic carbocycles. The van der Waals surface area contributed by atoms with Gasteiger partial charge in [-0.05, 0) is 20.8 Å². The average molecular weight is 336 g/mol. The number of aliphatic hydroxyl groups is 1. The number of hydrogen-bond acceptors (Lipinski definition) is 7. The van der Waals surface area contributed by atoms with E-state index in [4.69, 9.17) is 9.47 Å². The topological polar surface area (TPSA) is 119 Å². The minimum Gasteiger partial charge on any atom is -0.462 e. The zero-order valence-electron chi connectivity index (χ0n) is 13.7. The van der Waals surface area contributed by atoms with Crippen LogP contribution in [0.2, 0.25) is 0 Å². The summed E-state index contributed by atoms with van der Waals surface area (Å²) in [6.07, 6.45) is 1.07. The van der Waals surface area contributed by atoms with Gasteiger partial charge in [0.1, 0.15) is 18.9 Å². The first-order valence-corrected chi connectivity index (χ1v) is 7.68. The number of aromatic nitrogens is 4. The lowest BCUT2D eigenvalue weighted by Gasteiger charge is -2.20. The number of carbonyl (C=O) groups excluding carboxylic acids is 1. The summed E-state index contributed by atoms with van der Waals surface area (Å²) in [5.41, 5.74) is -0.372. The molecule has 2 aromatic rings. The van der Waals surface area contributed by atoms with Crippen LogP contribution in [0.15, 0.2) is 17.4 Å². The standard InChI is InChI=1S/C15H20N4O5/c1-15(2,3)14(22)23-5-9-8(20)4-10(24-9)19-7-18-11-12(19)16-6-17-13(11)21/h6-10,20H,4-5H2,1-3H3,(H,16,17,21)/t8-,9+,10+/m0/s1. The summed E-state index contributed by atoms with van der Waals surface area (Å²) in [6.45, 7) is 5.23. The lowest BCUT2D eigenvalue weighted by Crippen LogP contribution is -2.31. The van der Waals surface area contributed by atoms with E-state index in [1.165, 1.54) is 12.7 Å². The van der Waals surface area contributed by atoms with E-state index in [-0.39, 0.29) is 30.1 Å². The van der Waals surface area contributed by atoms with Gasteiger partial charge < -0.3 is 19.6 Å². The molecule has 130 valence electrons. The quantitative estimate of drug-likeness (QED) is 0.776. The zero-order chi connectivity index (χ0) is 17.5. The molecule has 1 saturated heterocycles. The zero-order valence-corrected chi connectivity index (χ0v) is 13.7. The van der Waals surface area contributed by atoms with Gasteiger partial charge in [-0.3, -0.25) is 14.2 Å². The van der Waals surface area contributed by atoms with Gasteiger partial charge in [0.15, 0.2) is 11.2 Å². The number of ether oxygens (including phenoxy) is 2. The molecule has 2 aromatic heterocycles. The average Bonchev–Trinajstić information content (AvgIpc) is 3.08. The SMILES string of the molecule is CC(C)(C)C(=O)OC[C@H]1O[C@@H](n2cnc3c(=O)[nH]cnc32)C[C@@H]1O. The second-order valence-corrected chi connectivity index (χ2v) is 6.84. The fourth-order valence-corrected chi connectivity index (χ4v) is 2.48. The van der Waals surface area contributed by atoms with Gasteiger partial charge in [-0.1, -0.05) is 0 Å². The van der Waals surface area contributed by atoms with Crippen LogP contribution in [0.4, 0.5) is 0 Å². The Morgan fingerprint density at radius 2 is 2.25 bits per heavy atom. The predicted octanol–water partition coefficient (Wildman–Crippen LogP) is 0.357. The first kappa shape index (κ1) is 16.6. The molecule has 0 amide bonds. The third-order valence-electron chi connectivity index (χ3n) is 3.87. The van der Waals surface area contributed by atoms with Gasteiger partial charge in [0.05, 0.1) is 24.2 Å². The van der Waals surface area contributed by atoms with E-state index < -0.39 is 23.9 Å². The summed E-state index contributed by atoms with van der Waals surface area (Å²) in [5, 5.41) is 10.2. The van der Waals surface area contributed by atoms with Crippen molar-refractivity contribution < 1.29 is 19.4 Å². The number of hydrogen-bond donors (Lipinski definition) is 2. The van der Waals surface area contributed by atoms with Crippen LogP contribution in [0, 0.1) is 5.41 Å². The smallest absolute Gasteiger partial charge is 0.311 e. The molecule has 1 fully saturated rings. The van der Waals surface area contributed by atoms with E-state index in [0.29, 0.717) is 5.65 Å². The number of aliphatic hydroxyl groups excluding tert-OH is 1. The Bertz CT molecular complexity index is 806. The number of esters is 1. The molecule has 9 heteroatoms. The first-order chi connectivity index (χ1) is 11.3. The second-order valence-electron chi connectivity index (χ2n) is 6.84. The van der Waals surface area contributed by atoms with Crippen LogP contribution in [0.3, 0.4) is 0 Å². The summed E-state index contributed by atoms with van der Waals surface area (Å²) >= 11 is 0. The molecule has 3 heterocycles. The second kappa shape index (κ2) is 5.99. The van der Waals surface area contributed by atoms with E-state index in [1.54, 1.807) is 25.3 Å². The normalized spacial score (nSPS) is 24.4. The summed E-state index contributed by atoms with van der Waals surface area (Å²) in [6, 6.07) is 0. The minimum atomic E-state index is -0.790. The molecule has 2 N–H and O–H groups in total. The van der Waals surface area contributed by atoms with Gasteiger partial charge in [-0.2, -0.15) is 0 Å². The number of fused-ring (bicyclic) bond motifs is 1. The molecule has 9 nitrogen and oxygen atoms in total. The van der Waals surface area contributed by atoms with E-state index in [0.717, 1.165) is 0 Å². The highest BCUT2D eigenvalue weighted by Gasteiger charge is 2.37. The van der Waals surface area contributed by atoms with Crippen molar-refractivity contribution in [3.05, 3.63) is 23.0 Å². The van der Waals surface area contributed by atoms with Crippen molar-refractivity contribution in [2.75, 3.05) is 6.61 Å². The molecule has 0 aromatic carbocycles. The Balaban J connectivity index is 1.72. The van der Waals surface area contributed by atoms with E-state index in [9.17, 15) is 14.7 Å². The number of aromatic amines is 1. The lowest BCUT2D eigenvalue weighted by molar-refractivity contribution is -0.159. The summed E-state index contributed by atoms with van der Waals surface area (Å²) in [4.78, 5) is 34.1. The lowest BCUT2D eigenvalue weighted by atomic mass is 9.97. The molecule has 0 radical (unpaired) electrons. The van der Waals surface area contributed by atoms with Crippen LogP contribution in [0.1, 0.15) is 33.4 Å². The van der Waals surface area contributed by atoms with Gasteiger partial charge in [0, 0.05) is 6.42 Å². The van der Waals surface area contributed by atoms with Gasteiger partial charge >= 0.3 is 5.97 Å². The molecule has 24 heavy (non-hydrogen) atoms. The van der Waals surface area contributed by atoms with Crippen LogP contribution in [-0.2, 0) is 14.3 Å². The molecule has 1 aliphatic rings. The van der Waals surface area contributed by atoms with Crippen LogP contribution in [-0.4, -0.2) is 49.4 Å². The molecule has 0 bridgehead atoms. The van der Waals surface area contributed by atoms with Crippen molar-refractivity contribution in [2.24, 2.45) is 5.41 Å². The van der Waals surface area contributed by atoms with Gasteiger partial charge in [0.25, 0.3) is 5.56 Å². The Kier molecular flexibility index (Phi) is 4.14. The summed E-state index contributed by atoms with van der Waals surface area (Å²) in [5.74, 6) is -0.358. The maximum atomic E-state index is 11.8. The van der Waals surface area contributed by atoms with Crippen LogP contribution in [0.5, 0.6) is 0 Å². The molecule has 0 spiro atoms. The van der Waals surface area contributed by atoms with Crippen molar-refractivity contribution in [2.45, 2.75) is 45.6 Å². The molecule has 3 rings (SSSR count). The Morgan fingerprint density at radius 1 is 1.50 bits per heavy atom. The van der Waals surface area contributed by atoms with Crippen molar-refractivity contribution in [1.29, 1.82) is 0 Å². The van der Waals surface area contributed by atoms with Crippen molar-refractivity contribution >= 4 is 17.1 Å². The van der Waals surface area contributed by atoms with E-state index in [2.05, 4.69) is 15.0 Å². The highest BCUT2D eigenvalue weighted by atomic mass is 16.6. The van der Waals surface area contributed by atoms with E-state index in [1.807, 2.05) is 0 Å². The Labute approximate surface area is 137 Å². The van der Waals surface area contributed by atoms with Gasteiger partial charge in [0.2, 0.25) is 0 Å². The maximum Gasteiger partial charge on any atom is 0.311 e. The molecular weight excluding hydrogens is 316 g/mol. The number of nitrogens with one attached hydrogen (secondary N) is 1. The Hall–Kier alpha value is -2.26. The molecule has 1 aliphatic heterocycles. The predicted molar refractivity (Wildman–Crippen MR) is 83.1 cm³/mol. The highest BCUT2D eigenvalue weighted by molar-refractivity contribution is 5.75. The summed E-state index contributed by atoms with van der Waals surface area (Å²) < 4.78 is 12.6. The largest absolute Gasteiger partial charge is 0.462 e. The maximum absolute atomic E-state index is 11.8. The number of H-pyrrole nitrogens is 1. The third-order valence-corrected chi connectivity index (χ3v) is 3.87. The molecule has 0 saturated carbocycles. The third kappa shape index (κ3) is 3.04. The number of nitrogens with zero attached hydrogens (tertiary/aromatic N) is 3. The van der Waals surface area contributed by atoms with Crippen molar-refractivity contribution in [3.8, 4) is 0 Å². The Morgan fingerprint density at radius 3 is 2.96 bits per heavy atom. The van der Waals surface area contributed by atoms with E-state index >= 15 is 0 Å².